The molecule has 1 saturated heterocycles. The van der Waals surface area contributed by atoms with Crippen molar-refractivity contribution in [3.63, 3.8) is 0 Å². The molecular formula is C22H26N4O2. The van der Waals surface area contributed by atoms with Crippen LogP contribution in [0.4, 0.5) is 0 Å². The third kappa shape index (κ3) is 3.73. The quantitative estimate of drug-likeness (QED) is 0.757. The Labute approximate surface area is 165 Å². The Balaban J connectivity index is 1.43. The number of hydrogen-bond donors (Lipinski definition) is 1. The lowest BCUT2D eigenvalue weighted by atomic mass is 10.1. The van der Waals surface area contributed by atoms with Gasteiger partial charge in [-0.25, -0.2) is 4.98 Å². The molecule has 0 bridgehead atoms. The monoisotopic (exact) mass is 378 g/mol. The molecule has 6 nitrogen and oxygen atoms in total. The van der Waals surface area contributed by atoms with E-state index < -0.39 is 0 Å². The van der Waals surface area contributed by atoms with Crippen LogP contribution in [0.2, 0.25) is 0 Å². The lowest BCUT2D eigenvalue weighted by Crippen LogP contribution is -2.53. The number of imidazole rings is 1. The highest BCUT2D eigenvalue weighted by atomic mass is 16.5. The van der Waals surface area contributed by atoms with Gasteiger partial charge in [0, 0.05) is 32.2 Å². The van der Waals surface area contributed by atoms with Gasteiger partial charge in [-0.05, 0) is 49.2 Å². The first kappa shape index (κ1) is 18.5. The zero-order chi connectivity index (χ0) is 19.7. The van der Waals surface area contributed by atoms with Gasteiger partial charge in [0.15, 0.2) is 5.82 Å². The van der Waals surface area contributed by atoms with Crippen LogP contribution in [-0.2, 0) is 6.54 Å². The van der Waals surface area contributed by atoms with E-state index in [4.69, 9.17) is 4.74 Å². The van der Waals surface area contributed by atoms with Crippen LogP contribution in [-0.4, -0.2) is 58.5 Å². The Kier molecular flexibility index (Phi) is 5.05. The van der Waals surface area contributed by atoms with Gasteiger partial charge < -0.3 is 14.6 Å². The molecule has 1 fully saturated rings. The molecule has 2 aromatic carbocycles. The third-order valence-corrected chi connectivity index (χ3v) is 5.35. The first-order valence-corrected chi connectivity index (χ1v) is 9.66. The van der Waals surface area contributed by atoms with E-state index in [1.165, 1.54) is 5.56 Å². The van der Waals surface area contributed by atoms with E-state index >= 15 is 0 Å². The summed E-state index contributed by atoms with van der Waals surface area (Å²) in [6, 6.07) is 14.3. The van der Waals surface area contributed by atoms with Crippen molar-refractivity contribution >= 4 is 16.9 Å². The van der Waals surface area contributed by atoms with E-state index in [0.717, 1.165) is 42.0 Å². The molecule has 0 aliphatic carbocycles. The average molecular weight is 378 g/mol. The smallest absolute Gasteiger partial charge is 0.290 e. The molecule has 146 valence electrons. The van der Waals surface area contributed by atoms with E-state index in [-0.39, 0.29) is 11.9 Å². The van der Waals surface area contributed by atoms with E-state index in [0.29, 0.717) is 12.4 Å². The van der Waals surface area contributed by atoms with Crippen LogP contribution in [0, 0.1) is 6.92 Å². The fraction of sp³-hybridized carbons (Fsp3) is 0.364. The van der Waals surface area contributed by atoms with Crippen molar-refractivity contribution in [2.24, 2.45) is 0 Å². The summed E-state index contributed by atoms with van der Waals surface area (Å²) in [5.74, 6) is 1.27. The number of nitrogens with one attached hydrogen (secondary N) is 1. The predicted molar refractivity (Wildman–Crippen MR) is 110 cm³/mol. The summed E-state index contributed by atoms with van der Waals surface area (Å²) >= 11 is 0. The average Bonchev–Trinajstić information content (AvgIpc) is 3.11. The maximum Gasteiger partial charge on any atom is 0.290 e. The number of aromatic nitrogens is 2. The fourth-order valence-electron chi connectivity index (χ4n) is 3.87. The van der Waals surface area contributed by atoms with Crippen LogP contribution in [0.1, 0.15) is 28.7 Å². The first-order chi connectivity index (χ1) is 13.5. The highest BCUT2D eigenvalue weighted by molar-refractivity contribution is 5.94. The van der Waals surface area contributed by atoms with Crippen molar-refractivity contribution in [1.29, 1.82) is 0 Å². The van der Waals surface area contributed by atoms with Crippen molar-refractivity contribution < 1.29 is 9.53 Å². The minimum absolute atomic E-state index is 0.0256. The van der Waals surface area contributed by atoms with E-state index in [2.05, 4.69) is 33.9 Å². The lowest BCUT2D eigenvalue weighted by molar-refractivity contribution is 0.0465. The second-order valence-corrected chi connectivity index (χ2v) is 7.54. The van der Waals surface area contributed by atoms with Gasteiger partial charge in [0.25, 0.3) is 5.91 Å². The second-order valence-electron chi connectivity index (χ2n) is 7.54. The number of aryl methyl sites for hydroxylation is 1. The normalized spacial score (nSPS) is 17.8. The molecule has 6 heteroatoms. The molecule has 2 heterocycles. The molecule has 0 spiro atoms. The van der Waals surface area contributed by atoms with Crippen molar-refractivity contribution in [3.05, 3.63) is 59.4 Å². The molecule has 1 atom stereocenters. The number of carbonyl (C=O) groups is 1. The number of H-pyrrole nitrogens is 1. The number of methoxy groups -OCH3 is 1. The van der Waals surface area contributed by atoms with Crippen LogP contribution in [0.5, 0.6) is 5.75 Å². The second kappa shape index (κ2) is 7.64. The summed E-state index contributed by atoms with van der Waals surface area (Å²) in [5.41, 5.74) is 4.11. The Morgan fingerprint density at radius 1 is 1.25 bits per heavy atom. The number of nitrogens with zero attached hydrogens (tertiary/aromatic N) is 3. The largest absolute Gasteiger partial charge is 0.497 e. The molecular weight excluding hydrogens is 352 g/mol. The number of carbonyl (C=O) groups excluding carboxylic acids is 1. The standard InChI is InChI=1S/C22H26N4O2/c1-15-7-8-19-20(11-15)24-21(23-19)22(27)26-10-9-25(13-16(26)2)14-17-5-4-6-18(12-17)28-3/h4-8,11-12,16H,9-10,13-14H2,1-3H3,(H,23,24)/t16-/m0/s1. The van der Waals surface area contributed by atoms with Gasteiger partial charge in [-0.15, -0.1) is 0 Å². The lowest BCUT2D eigenvalue weighted by Gasteiger charge is -2.39. The predicted octanol–water partition coefficient (Wildman–Crippen LogP) is 3.23. The van der Waals surface area contributed by atoms with Gasteiger partial charge in [-0.1, -0.05) is 18.2 Å². The van der Waals surface area contributed by atoms with Gasteiger partial charge in [-0.2, -0.15) is 0 Å². The Morgan fingerprint density at radius 3 is 2.89 bits per heavy atom. The van der Waals surface area contributed by atoms with Crippen molar-refractivity contribution in [3.8, 4) is 5.75 Å². The number of benzene rings is 2. The van der Waals surface area contributed by atoms with Crippen molar-refractivity contribution in [1.82, 2.24) is 19.8 Å². The molecule has 28 heavy (non-hydrogen) atoms. The zero-order valence-corrected chi connectivity index (χ0v) is 16.6. The molecule has 0 unspecified atom stereocenters. The van der Waals surface area contributed by atoms with Crippen LogP contribution >= 0.6 is 0 Å². The third-order valence-electron chi connectivity index (χ3n) is 5.35. The van der Waals surface area contributed by atoms with Crippen molar-refractivity contribution in [2.75, 3.05) is 26.7 Å². The molecule has 1 aliphatic heterocycles. The van der Waals surface area contributed by atoms with Gasteiger partial charge in [-0.3, -0.25) is 9.69 Å². The van der Waals surface area contributed by atoms with Gasteiger partial charge in [0.1, 0.15) is 5.75 Å². The number of piperazine rings is 1. The minimum Gasteiger partial charge on any atom is -0.497 e. The topological polar surface area (TPSA) is 61.5 Å². The highest BCUT2D eigenvalue weighted by Crippen LogP contribution is 2.19. The van der Waals surface area contributed by atoms with E-state index in [1.807, 2.05) is 42.2 Å². The number of amides is 1. The molecule has 1 aliphatic rings. The molecule has 0 radical (unpaired) electrons. The van der Waals surface area contributed by atoms with E-state index in [1.54, 1.807) is 7.11 Å². The zero-order valence-electron chi connectivity index (χ0n) is 16.6. The maximum atomic E-state index is 13.0. The summed E-state index contributed by atoms with van der Waals surface area (Å²) < 4.78 is 5.31. The number of hydrogen-bond acceptors (Lipinski definition) is 4. The summed E-state index contributed by atoms with van der Waals surface area (Å²) in [5, 5.41) is 0. The maximum absolute atomic E-state index is 13.0. The van der Waals surface area contributed by atoms with Crippen LogP contribution < -0.4 is 4.74 Å². The Morgan fingerprint density at radius 2 is 2.11 bits per heavy atom. The molecule has 1 amide bonds. The Bertz CT molecular complexity index is 997. The Hall–Kier alpha value is -2.86. The van der Waals surface area contributed by atoms with Crippen LogP contribution in [0.15, 0.2) is 42.5 Å². The van der Waals surface area contributed by atoms with Crippen LogP contribution in [0.3, 0.4) is 0 Å². The molecule has 1 N–H and O–H groups in total. The molecule has 4 rings (SSSR count). The summed E-state index contributed by atoms with van der Waals surface area (Å²) in [4.78, 5) is 25.0. The SMILES string of the molecule is COc1cccc(CN2CCN(C(=O)c3nc4ccc(C)cc4[nH]3)[C@@H](C)C2)c1. The summed E-state index contributed by atoms with van der Waals surface area (Å²) in [6.07, 6.45) is 0. The molecule has 1 aromatic heterocycles. The fourth-order valence-corrected chi connectivity index (χ4v) is 3.87. The number of aromatic amines is 1. The van der Waals surface area contributed by atoms with Gasteiger partial charge in [0.05, 0.1) is 18.1 Å². The molecule has 3 aromatic rings. The summed E-state index contributed by atoms with van der Waals surface area (Å²) in [7, 11) is 1.69. The summed E-state index contributed by atoms with van der Waals surface area (Å²) in [6.45, 7) is 7.36. The van der Waals surface area contributed by atoms with E-state index in [9.17, 15) is 4.79 Å². The van der Waals surface area contributed by atoms with Gasteiger partial charge in [0.2, 0.25) is 0 Å². The van der Waals surface area contributed by atoms with Crippen molar-refractivity contribution in [2.45, 2.75) is 26.4 Å². The first-order valence-electron chi connectivity index (χ1n) is 9.66. The number of rotatable bonds is 4. The molecule has 0 saturated carbocycles. The van der Waals surface area contributed by atoms with Gasteiger partial charge >= 0.3 is 0 Å². The minimum atomic E-state index is -0.0256. The highest BCUT2D eigenvalue weighted by Gasteiger charge is 2.29. The number of ether oxygens (including phenoxy) is 1. The van der Waals surface area contributed by atoms with Crippen LogP contribution in [0.25, 0.3) is 11.0 Å². The number of fused-ring (bicyclic) bond motifs is 1.